The van der Waals surface area contributed by atoms with Gasteiger partial charge < -0.3 is 9.47 Å². The molecule has 1 aromatic carbocycles. The van der Waals surface area contributed by atoms with Gasteiger partial charge in [-0.1, -0.05) is 34.1 Å². The average Bonchev–Trinajstić information content (AvgIpc) is 2.46. The molecule has 1 aromatic rings. The first-order chi connectivity index (χ1) is 9.20. The first kappa shape index (κ1) is 14.5. The van der Waals surface area contributed by atoms with E-state index in [2.05, 4.69) is 22.0 Å². The Balaban J connectivity index is 1.77. The van der Waals surface area contributed by atoms with Gasteiger partial charge in [0.1, 0.15) is 0 Å². The van der Waals surface area contributed by atoms with Crippen molar-refractivity contribution in [3.8, 4) is 0 Å². The smallest absolute Gasteiger partial charge is 0.308 e. The first-order valence-electron chi connectivity index (χ1n) is 6.63. The SMILES string of the molecule is COC(=O)C1CCC(OCc2ccccc2Br)CC1. The summed E-state index contributed by atoms with van der Waals surface area (Å²) >= 11 is 3.52. The van der Waals surface area contributed by atoms with Crippen LogP contribution in [-0.4, -0.2) is 19.2 Å². The molecule has 3 nitrogen and oxygen atoms in total. The molecule has 1 fully saturated rings. The highest BCUT2D eigenvalue weighted by molar-refractivity contribution is 9.10. The largest absolute Gasteiger partial charge is 0.469 e. The molecule has 104 valence electrons. The van der Waals surface area contributed by atoms with E-state index in [1.807, 2.05) is 18.2 Å². The van der Waals surface area contributed by atoms with E-state index in [9.17, 15) is 4.79 Å². The molecule has 0 N–H and O–H groups in total. The average molecular weight is 327 g/mol. The Hall–Kier alpha value is -0.870. The van der Waals surface area contributed by atoms with E-state index < -0.39 is 0 Å². The van der Waals surface area contributed by atoms with Gasteiger partial charge in [-0.25, -0.2) is 0 Å². The summed E-state index contributed by atoms with van der Waals surface area (Å²) in [5.74, 6) is -0.0161. The zero-order valence-electron chi connectivity index (χ0n) is 11.1. The van der Waals surface area contributed by atoms with Crippen LogP contribution in [-0.2, 0) is 20.9 Å². The molecule has 0 atom stereocenters. The Morgan fingerprint density at radius 2 is 1.95 bits per heavy atom. The number of carbonyl (C=O) groups is 1. The minimum absolute atomic E-state index is 0.0633. The third-order valence-corrected chi connectivity index (χ3v) is 4.41. The van der Waals surface area contributed by atoms with Crippen LogP contribution in [0.2, 0.25) is 0 Å². The normalized spacial score (nSPS) is 23.1. The fourth-order valence-corrected chi connectivity index (χ4v) is 2.85. The number of rotatable bonds is 4. The predicted octanol–water partition coefficient (Wildman–Crippen LogP) is 3.70. The van der Waals surface area contributed by atoms with Crippen molar-refractivity contribution in [2.75, 3.05) is 7.11 Å². The van der Waals surface area contributed by atoms with Crippen LogP contribution >= 0.6 is 15.9 Å². The van der Waals surface area contributed by atoms with Crippen molar-refractivity contribution in [3.63, 3.8) is 0 Å². The van der Waals surface area contributed by atoms with Gasteiger partial charge in [0.15, 0.2) is 0 Å². The molecular weight excluding hydrogens is 308 g/mol. The zero-order chi connectivity index (χ0) is 13.7. The van der Waals surface area contributed by atoms with Crippen LogP contribution in [0.4, 0.5) is 0 Å². The van der Waals surface area contributed by atoms with Gasteiger partial charge in [0, 0.05) is 4.47 Å². The van der Waals surface area contributed by atoms with Crippen molar-refractivity contribution in [3.05, 3.63) is 34.3 Å². The number of halogens is 1. The number of hydrogen-bond acceptors (Lipinski definition) is 3. The van der Waals surface area contributed by atoms with Gasteiger partial charge in [0.05, 0.1) is 25.7 Å². The number of carbonyl (C=O) groups excluding carboxylic acids is 1. The quantitative estimate of drug-likeness (QED) is 0.791. The van der Waals surface area contributed by atoms with Gasteiger partial charge >= 0.3 is 5.97 Å². The second kappa shape index (κ2) is 7.06. The predicted molar refractivity (Wildman–Crippen MR) is 76.7 cm³/mol. The van der Waals surface area contributed by atoms with Crippen molar-refractivity contribution in [2.24, 2.45) is 5.92 Å². The molecule has 4 heteroatoms. The van der Waals surface area contributed by atoms with Gasteiger partial charge in [-0.3, -0.25) is 4.79 Å². The Morgan fingerprint density at radius 3 is 2.58 bits per heavy atom. The van der Waals surface area contributed by atoms with Crippen LogP contribution < -0.4 is 0 Å². The van der Waals surface area contributed by atoms with Gasteiger partial charge in [-0.15, -0.1) is 0 Å². The number of ether oxygens (including phenoxy) is 2. The van der Waals surface area contributed by atoms with Crippen LogP contribution in [0.5, 0.6) is 0 Å². The third kappa shape index (κ3) is 4.05. The fraction of sp³-hybridized carbons (Fsp3) is 0.533. The van der Waals surface area contributed by atoms with Crippen LogP contribution in [0.1, 0.15) is 31.2 Å². The standard InChI is InChI=1S/C15H19BrO3/c1-18-15(17)11-6-8-13(9-7-11)19-10-12-4-2-3-5-14(12)16/h2-5,11,13H,6-10H2,1H3. The first-order valence-corrected chi connectivity index (χ1v) is 7.43. The molecule has 0 aromatic heterocycles. The summed E-state index contributed by atoms with van der Waals surface area (Å²) in [5, 5.41) is 0. The number of methoxy groups -OCH3 is 1. The van der Waals surface area contributed by atoms with E-state index in [4.69, 9.17) is 9.47 Å². The third-order valence-electron chi connectivity index (χ3n) is 3.64. The van der Waals surface area contributed by atoms with E-state index in [0.717, 1.165) is 35.7 Å². The van der Waals surface area contributed by atoms with Crippen molar-refractivity contribution >= 4 is 21.9 Å². The highest BCUT2D eigenvalue weighted by Gasteiger charge is 2.27. The maximum Gasteiger partial charge on any atom is 0.308 e. The van der Waals surface area contributed by atoms with Crippen LogP contribution in [0.15, 0.2) is 28.7 Å². The highest BCUT2D eigenvalue weighted by atomic mass is 79.9. The molecule has 19 heavy (non-hydrogen) atoms. The second-order valence-corrected chi connectivity index (χ2v) is 5.75. The number of hydrogen-bond donors (Lipinski definition) is 0. The van der Waals surface area contributed by atoms with E-state index in [-0.39, 0.29) is 18.0 Å². The summed E-state index contributed by atoms with van der Waals surface area (Å²) in [6.45, 7) is 0.620. The van der Waals surface area contributed by atoms with Gasteiger partial charge in [-0.05, 0) is 37.3 Å². The minimum atomic E-state index is -0.0794. The van der Waals surface area contributed by atoms with E-state index in [1.165, 1.54) is 7.11 Å². The van der Waals surface area contributed by atoms with Crippen molar-refractivity contribution < 1.29 is 14.3 Å². The monoisotopic (exact) mass is 326 g/mol. The lowest BCUT2D eigenvalue weighted by Gasteiger charge is -2.27. The highest BCUT2D eigenvalue weighted by Crippen LogP contribution is 2.28. The molecule has 1 saturated carbocycles. The molecule has 0 aliphatic heterocycles. The van der Waals surface area contributed by atoms with Crippen molar-refractivity contribution in [1.82, 2.24) is 0 Å². The fourth-order valence-electron chi connectivity index (χ4n) is 2.45. The molecule has 0 heterocycles. The Bertz CT molecular complexity index is 425. The molecular formula is C15H19BrO3. The summed E-state index contributed by atoms with van der Waals surface area (Å²) < 4.78 is 11.8. The molecule has 0 radical (unpaired) electrons. The van der Waals surface area contributed by atoms with Crippen LogP contribution in [0.25, 0.3) is 0 Å². The Labute approximate surface area is 122 Å². The van der Waals surface area contributed by atoms with E-state index in [1.54, 1.807) is 0 Å². The lowest BCUT2D eigenvalue weighted by molar-refractivity contribution is -0.147. The summed E-state index contributed by atoms with van der Waals surface area (Å²) in [6.07, 6.45) is 3.86. The van der Waals surface area contributed by atoms with Crippen LogP contribution in [0, 0.1) is 5.92 Å². The lowest BCUT2D eigenvalue weighted by atomic mass is 9.87. The van der Waals surface area contributed by atoms with Gasteiger partial charge in [0.2, 0.25) is 0 Å². The molecule has 0 saturated heterocycles. The lowest BCUT2D eigenvalue weighted by Crippen LogP contribution is -2.26. The molecule has 0 bridgehead atoms. The van der Waals surface area contributed by atoms with Crippen molar-refractivity contribution in [2.45, 2.75) is 38.4 Å². The maximum absolute atomic E-state index is 11.4. The Kier molecular flexibility index (Phi) is 5.40. The maximum atomic E-state index is 11.4. The van der Waals surface area contributed by atoms with Gasteiger partial charge in [0.25, 0.3) is 0 Å². The topological polar surface area (TPSA) is 35.5 Å². The van der Waals surface area contributed by atoms with Crippen molar-refractivity contribution in [1.29, 1.82) is 0 Å². The van der Waals surface area contributed by atoms with E-state index >= 15 is 0 Å². The Morgan fingerprint density at radius 1 is 1.26 bits per heavy atom. The number of benzene rings is 1. The molecule has 2 rings (SSSR count). The molecule has 1 aliphatic rings. The summed E-state index contributed by atoms with van der Waals surface area (Å²) in [7, 11) is 1.46. The van der Waals surface area contributed by atoms with Crippen LogP contribution in [0.3, 0.4) is 0 Å². The second-order valence-electron chi connectivity index (χ2n) is 4.90. The molecule has 1 aliphatic carbocycles. The summed E-state index contributed by atoms with van der Waals surface area (Å²) in [6, 6.07) is 8.09. The summed E-state index contributed by atoms with van der Waals surface area (Å²) in [5.41, 5.74) is 1.16. The number of esters is 1. The van der Waals surface area contributed by atoms with E-state index in [0.29, 0.717) is 6.61 Å². The molecule has 0 spiro atoms. The zero-order valence-corrected chi connectivity index (χ0v) is 12.7. The molecule has 0 unspecified atom stereocenters. The minimum Gasteiger partial charge on any atom is -0.469 e. The molecule has 0 amide bonds. The summed E-state index contributed by atoms with van der Waals surface area (Å²) in [4.78, 5) is 11.4. The van der Waals surface area contributed by atoms with Gasteiger partial charge in [-0.2, -0.15) is 0 Å².